The number of amides is 1. The van der Waals surface area contributed by atoms with Crippen LogP contribution in [0, 0.1) is 5.41 Å². The summed E-state index contributed by atoms with van der Waals surface area (Å²) in [5.74, 6) is -1.21. The molecule has 1 atom stereocenters. The number of hydrogen-bond donors (Lipinski definition) is 2. The zero-order valence-corrected chi connectivity index (χ0v) is 14.8. The van der Waals surface area contributed by atoms with Crippen LogP contribution in [-0.2, 0) is 14.8 Å². The predicted octanol–water partition coefficient (Wildman–Crippen LogP) is 1.31. The molecule has 1 aromatic rings. The quantitative estimate of drug-likeness (QED) is 0.830. The smallest absolute Gasteiger partial charge is 0.311 e. The van der Waals surface area contributed by atoms with E-state index in [0.717, 1.165) is 0 Å². The van der Waals surface area contributed by atoms with E-state index in [1.165, 1.54) is 29.2 Å². The first-order chi connectivity index (χ1) is 11.0. The lowest BCUT2D eigenvalue weighted by molar-refractivity contribution is -0.147. The molecule has 2 rings (SSSR count). The van der Waals surface area contributed by atoms with Gasteiger partial charge in [-0.2, -0.15) is 0 Å². The van der Waals surface area contributed by atoms with Crippen LogP contribution in [0.4, 0.5) is 0 Å². The molecule has 24 heavy (non-hydrogen) atoms. The number of hydrogen-bond acceptors (Lipinski definition) is 4. The molecule has 0 radical (unpaired) electrons. The Labute approximate surface area is 141 Å². The van der Waals surface area contributed by atoms with Crippen LogP contribution in [0.25, 0.3) is 0 Å². The number of carbonyl (C=O) groups is 2. The first kappa shape index (κ1) is 18.4. The molecular weight excluding hydrogens is 332 g/mol. The van der Waals surface area contributed by atoms with Gasteiger partial charge in [0.1, 0.15) is 0 Å². The predicted molar refractivity (Wildman–Crippen MR) is 88.2 cm³/mol. The fraction of sp³-hybridized carbons (Fsp3) is 0.500. The van der Waals surface area contributed by atoms with Gasteiger partial charge in [0.2, 0.25) is 10.0 Å². The average molecular weight is 354 g/mol. The van der Waals surface area contributed by atoms with E-state index in [1.807, 2.05) is 0 Å². The van der Waals surface area contributed by atoms with Gasteiger partial charge in [-0.25, -0.2) is 13.1 Å². The summed E-state index contributed by atoms with van der Waals surface area (Å²) in [4.78, 5) is 25.3. The van der Waals surface area contributed by atoms with Crippen LogP contribution in [0.2, 0.25) is 0 Å². The van der Waals surface area contributed by atoms with Crippen molar-refractivity contribution in [3.63, 3.8) is 0 Å². The minimum atomic E-state index is -3.60. The molecule has 1 saturated heterocycles. The molecule has 8 heteroatoms. The Balaban J connectivity index is 2.14. The van der Waals surface area contributed by atoms with Crippen molar-refractivity contribution in [3.8, 4) is 0 Å². The van der Waals surface area contributed by atoms with Crippen molar-refractivity contribution < 1.29 is 23.1 Å². The number of nitrogens with one attached hydrogen (secondary N) is 1. The van der Waals surface area contributed by atoms with E-state index in [4.69, 9.17) is 0 Å². The first-order valence-corrected chi connectivity index (χ1v) is 9.18. The van der Waals surface area contributed by atoms with Crippen molar-refractivity contribution in [3.05, 3.63) is 29.8 Å². The average Bonchev–Trinajstić information content (AvgIpc) is 2.89. The summed E-state index contributed by atoms with van der Waals surface area (Å²) < 4.78 is 26.6. The van der Waals surface area contributed by atoms with Crippen LogP contribution in [0.15, 0.2) is 29.2 Å². The maximum Gasteiger partial charge on any atom is 0.311 e. The Morgan fingerprint density at radius 2 is 1.83 bits per heavy atom. The number of carbonyl (C=O) groups excluding carboxylic acids is 1. The summed E-state index contributed by atoms with van der Waals surface area (Å²) in [6, 6.07) is 5.44. The third kappa shape index (κ3) is 3.76. The molecule has 1 fully saturated rings. The van der Waals surface area contributed by atoms with Crippen molar-refractivity contribution in [1.82, 2.24) is 9.62 Å². The summed E-state index contributed by atoms with van der Waals surface area (Å²) in [6.45, 7) is 5.59. The minimum Gasteiger partial charge on any atom is -0.481 e. The molecule has 0 bridgehead atoms. The SMILES string of the molecule is CC(C)NS(=O)(=O)c1ccc(C(=O)N2CCC(C)(C(=O)O)C2)cc1. The number of carboxylic acids is 1. The Morgan fingerprint density at radius 3 is 2.29 bits per heavy atom. The lowest BCUT2D eigenvalue weighted by Crippen LogP contribution is -2.35. The maximum absolute atomic E-state index is 12.5. The number of nitrogens with zero attached hydrogens (tertiary/aromatic N) is 1. The van der Waals surface area contributed by atoms with Gasteiger partial charge < -0.3 is 10.0 Å². The third-order valence-electron chi connectivity index (χ3n) is 4.08. The molecule has 7 nitrogen and oxygen atoms in total. The molecule has 1 unspecified atom stereocenters. The van der Waals surface area contributed by atoms with E-state index in [0.29, 0.717) is 18.5 Å². The van der Waals surface area contributed by atoms with Gasteiger partial charge >= 0.3 is 5.97 Å². The highest BCUT2D eigenvalue weighted by Gasteiger charge is 2.42. The molecule has 0 saturated carbocycles. The summed E-state index contributed by atoms with van der Waals surface area (Å²) in [5.41, 5.74) is -0.590. The van der Waals surface area contributed by atoms with E-state index < -0.39 is 21.4 Å². The van der Waals surface area contributed by atoms with Crippen LogP contribution in [0.5, 0.6) is 0 Å². The maximum atomic E-state index is 12.5. The largest absolute Gasteiger partial charge is 0.481 e. The zero-order valence-electron chi connectivity index (χ0n) is 13.9. The van der Waals surface area contributed by atoms with Crippen LogP contribution in [-0.4, -0.2) is 49.4 Å². The van der Waals surface area contributed by atoms with Gasteiger partial charge in [0.05, 0.1) is 10.3 Å². The van der Waals surface area contributed by atoms with Crippen molar-refractivity contribution in [2.75, 3.05) is 13.1 Å². The van der Waals surface area contributed by atoms with E-state index in [1.54, 1.807) is 20.8 Å². The molecule has 1 amide bonds. The summed E-state index contributed by atoms with van der Waals surface area (Å²) in [6.07, 6.45) is 0.402. The minimum absolute atomic E-state index is 0.0875. The van der Waals surface area contributed by atoms with Crippen molar-refractivity contribution in [2.45, 2.75) is 38.1 Å². The van der Waals surface area contributed by atoms with Crippen molar-refractivity contribution in [1.29, 1.82) is 0 Å². The topological polar surface area (TPSA) is 104 Å². The number of benzene rings is 1. The lowest BCUT2D eigenvalue weighted by Gasteiger charge is -2.20. The second-order valence-corrected chi connectivity index (χ2v) is 8.36. The molecule has 0 spiro atoms. The van der Waals surface area contributed by atoms with Gasteiger partial charge in [-0.1, -0.05) is 0 Å². The monoisotopic (exact) mass is 354 g/mol. The standard InChI is InChI=1S/C16H22N2O5S/c1-11(2)17-24(22,23)13-6-4-12(5-7-13)14(19)18-9-8-16(3,10-18)15(20)21/h4-7,11,17H,8-10H2,1-3H3,(H,20,21). The Bertz CT molecular complexity index is 742. The molecule has 2 N–H and O–H groups in total. The molecule has 0 aliphatic carbocycles. The van der Waals surface area contributed by atoms with E-state index in [2.05, 4.69) is 4.72 Å². The summed E-state index contributed by atoms with van der Waals surface area (Å²) in [7, 11) is -3.60. The number of rotatable bonds is 5. The highest BCUT2D eigenvalue weighted by Crippen LogP contribution is 2.31. The van der Waals surface area contributed by atoms with Gasteiger partial charge in [0, 0.05) is 24.7 Å². The molecule has 1 aromatic carbocycles. The highest BCUT2D eigenvalue weighted by molar-refractivity contribution is 7.89. The van der Waals surface area contributed by atoms with Crippen molar-refractivity contribution >= 4 is 21.9 Å². The normalized spacial score (nSPS) is 21.2. The molecule has 1 heterocycles. The fourth-order valence-electron chi connectivity index (χ4n) is 2.65. The van der Waals surface area contributed by atoms with E-state index in [-0.39, 0.29) is 23.4 Å². The van der Waals surface area contributed by atoms with Gasteiger partial charge in [0.15, 0.2) is 0 Å². The lowest BCUT2D eigenvalue weighted by atomic mass is 9.90. The van der Waals surface area contributed by atoms with Crippen LogP contribution in [0.1, 0.15) is 37.6 Å². The Hall–Kier alpha value is -1.93. The second-order valence-electron chi connectivity index (χ2n) is 6.64. The number of likely N-dealkylation sites (tertiary alicyclic amines) is 1. The summed E-state index contributed by atoms with van der Waals surface area (Å²) >= 11 is 0. The van der Waals surface area contributed by atoms with Gasteiger partial charge in [0.25, 0.3) is 5.91 Å². The van der Waals surface area contributed by atoms with Crippen molar-refractivity contribution in [2.24, 2.45) is 5.41 Å². The number of sulfonamides is 1. The number of aliphatic carboxylic acids is 1. The molecule has 0 aromatic heterocycles. The molecular formula is C16H22N2O5S. The molecule has 132 valence electrons. The van der Waals surface area contributed by atoms with Crippen LogP contribution < -0.4 is 4.72 Å². The van der Waals surface area contributed by atoms with Gasteiger partial charge in [-0.3, -0.25) is 9.59 Å². The van der Waals surface area contributed by atoms with Gasteiger partial charge in [-0.05, 0) is 51.5 Å². The van der Waals surface area contributed by atoms with Crippen LogP contribution >= 0.6 is 0 Å². The summed E-state index contributed by atoms with van der Waals surface area (Å²) in [5, 5.41) is 9.23. The van der Waals surface area contributed by atoms with Gasteiger partial charge in [-0.15, -0.1) is 0 Å². The third-order valence-corrected chi connectivity index (χ3v) is 5.75. The van der Waals surface area contributed by atoms with Crippen LogP contribution in [0.3, 0.4) is 0 Å². The second kappa shape index (κ2) is 6.52. The zero-order chi connectivity index (χ0) is 18.1. The molecule has 1 aliphatic rings. The first-order valence-electron chi connectivity index (χ1n) is 7.70. The fourth-order valence-corrected chi connectivity index (χ4v) is 3.90. The highest BCUT2D eigenvalue weighted by atomic mass is 32.2. The van der Waals surface area contributed by atoms with E-state index >= 15 is 0 Å². The number of carboxylic acid groups (broad SMARTS) is 1. The Morgan fingerprint density at radius 1 is 1.25 bits per heavy atom. The molecule has 1 aliphatic heterocycles. The van der Waals surface area contributed by atoms with E-state index in [9.17, 15) is 23.1 Å². The Kier molecular flexibility index (Phi) is 5.00.